The van der Waals surface area contributed by atoms with Gasteiger partial charge < -0.3 is 41.3 Å². The molecule has 0 unspecified atom stereocenters. The Bertz CT molecular complexity index is 1770. The Morgan fingerprint density at radius 3 is 1.05 bits per heavy atom. The molecule has 7 N–H and O–H groups in total. The monoisotopic (exact) mass is 1100 g/mol. The number of nitrogens with one attached hydrogen (secondary N) is 6. The predicted molar refractivity (Wildman–Crippen MR) is 209 cm³/mol. The number of amides is 4. The summed E-state index contributed by atoms with van der Waals surface area (Å²) < 4.78 is 89.9. The molecule has 0 atom stereocenters. The molecule has 2 aromatic heterocycles. The van der Waals surface area contributed by atoms with Crippen LogP contribution in [0, 0.1) is 64.7 Å². The third-order valence-electron chi connectivity index (χ3n) is 5.24. The Morgan fingerprint density at radius 2 is 0.836 bits per heavy atom. The normalized spacial score (nSPS) is 11.7. The van der Waals surface area contributed by atoms with Crippen molar-refractivity contribution in [2.24, 2.45) is 9.53 Å². The molecule has 346 valence electrons. The molecule has 0 aliphatic rings. The van der Waals surface area contributed by atoms with Gasteiger partial charge >= 0.3 is 92.4 Å². The molecule has 0 saturated carbocycles. The Balaban J connectivity index is -0.000000923. The Kier molecular flexibility index (Phi) is 32.1. The standard InChI is InChI=1S/2C11H19N5O8P2.C3H8O.Eu.NO3/c2*1-21-25(19,22-2)15-10(17)13-8-6-5-7-9(12-8)14-11(18)16-26(20,23-3)24-4;1-3(2)4;;2-1(3)4/h2*5-7H,1-4H3,(H4,12,13,14,15,16,17,18,19,20);3-4H,1-2H3;;/q;;;+3;-1/p-2. The summed E-state index contributed by atoms with van der Waals surface area (Å²) in [7, 11) is -6.66. The van der Waals surface area contributed by atoms with E-state index in [1.807, 2.05) is 10.2 Å². The van der Waals surface area contributed by atoms with Crippen LogP contribution in [0.1, 0.15) is 13.8 Å². The second-order valence-corrected chi connectivity index (χ2v) is 17.4. The van der Waals surface area contributed by atoms with Crippen molar-refractivity contribution < 1.29 is 134 Å². The zero-order chi connectivity index (χ0) is 46.7. The van der Waals surface area contributed by atoms with Crippen LogP contribution in [0.2, 0.25) is 0 Å². The average Bonchev–Trinajstić information content (AvgIpc) is 3.17. The van der Waals surface area contributed by atoms with E-state index < -0.39 is 60.2 Å². The number of urea groups is 2. The first-order valence-corrected chi connectivity index (χ1v) is 21.5. The largest absolute Gasteiger partial charge is 3.00 e. The van der Waals surface area contributed by atoms with Gasteiger partial charge in [0.2, 0.25) is 0 Å². The van der Waals surface area contributed by atoms with Gasteiger partial charge in [-0.15, -0.1) is 0 Å². The van der Waals surface area contributed by atoms with E-state index in [0.29, 0.717) is 0 Å². The number of aromatic nitrogens is 2. The van der Waals surface area contributed by atoms with Crippen molar-refractivity contribution in [3.63, 3.8) is 0 Å². The molecule has 2 rings (SSSR count). The van der Waals surface area contributed by atoms with Gasteiger partial charge in [-0.2, -0.15) is 9.53 Å². The zero-order valence-corrected chi connectivity index (χ0v) is 39.7. The first kappa shape index (κ1) is 62.0. The molecule has 0 aliphatic carbocycles. The fourth-order valence-corrected chi connectivity index (χ4v) is 5.26. The summed E-state index contributed by atoms with van der Waals surface area (Å²) in [6.45, 7) is 3.44. The number of carbonyl (C=O) groups excluding carboxylic acids is 2. The van der Waals surface area contributed by atoms with Crippen LogP contribution in [0.25, 0.3) is 0 Å². The van der Waals surface area contributed by atoms with E-state index in [4.69, 9.17) is 20.4 Å². The molecular weight excluding hydrogens is 1050 g/mol. The minimum Gasteiger partial charge on any atom is -0.846 e. The molecule has 0 aliphatic heterocycles. The van der Waals surface area contributed by atoms with E-state index in [0.717, 1.165) is 56.9 Å². The van der Waals surface area contributed by atoms with Gasteiger partial charge in [-0.25, -0.2) is 48.0 Å². The van der Waals surface area contributed by atoms with E-state index in [2.05, 4.69) is 77.0 Å². The van der Waals surface area contributed by atoms with Gasteiger partial charge in [-0.05, 0) is 38.1 Å². The van der Waals surface area contributed by atoms with Gasteiger partial charge in [0.05, 0.1) is 17.1 Å². The Labute approximate surface area is 389 Å². The average molecular weight is 1090 g/mol. The van der Waals surface area contributed by atoms with Crippen LogP contribution in [0.3, 0.4) is 0 Å². The fourth-order valence-electron chi connectivity index (χ4n) is 2.82. The molecule has 31 nitrogen and oxygen atoms in total. The molecule has 2 aromatic rings. The molecule has 0 bridgehead atoms. The summed E-state index contributed by atoms with van der Waals surface area (Å²) in [6.07, 6.45) is -0.167. The van der Waals surface area contributed by atoms with Crippen LogP contribution in [0.15, 0.2) is 45.9 Å². The third-order valence-corrected chi connectivity index (χ3v) is 10.8. The molecule has 4 amide bonds. The molecule has 0 saturated heterocycles. The third kappa shape index (κ3) is 28.9. The maximum absolute atomic E-state index is 11.8. The summed E-state index contributed by atoms with van der Waals surface area (Å²) in [5, 5.41) is 59.2. The minimum atomic E-state index is -3.89. The number of nitrogens with zero attached hydrogens (tertiary/aromatic N) is 5. The molecule has 0 radical (unpaired) electrons. The molecule has 0 spiro atoms. The minimum absolute atomic E-state index is 0. The van der Waals surface area contributed by atoms with E-state index in [-0.39, 0.29) is 78.8 Å². The number of hydrogen-bond acceptors (Lipinski definition) is 22. The van der Waals surface area contributed by atoms with E-state index in [1.54, 1.807) is 13.8 Å². The van der Waals surface area contributed by atoms with Gasteiger partial charge in [0.15, 0.2) is 0 Å². The first-order valence-electron chi connectivity index (χ1n) is 15.4. The van der Waals surface area contributed by atoms with Crippen LogP contribution in [-0.4, -0.2) is 107 Å². The molecule has 36 heteroatoms. The molecule has 0 fully saturated rings. The van der Waals surface area contributed by atoms with Crippen LogP contribution >= 0.6 is 31.0 Å². The Hall–Kier alpha value is -3.28. The Morgan fingerprint density at radius 1 is 0.607 bits per heavy atom. The summed E-state index contributed by atoms with van der Waals surface area (Å²) in [5.41, 5.74) is 0. The smallest absolute Gasteiger partial charge is 0.846 e. The van der Waals surface area contributed by atoms with E-state index in [9.17, 15) is 38.1 Å². The SMILES string of the molecule is CC(C)O.COP(=O)(/N=C(\[O-])Nc1cccc(NC(=O)NP(=O)(OC)OC)n1)OC.COP(=O)(/N=C(\[O-])Nc1cccc(NC(=O)NP(=O)(OC)OC)n1)OC.O=[N+]([O-])[O-].[Eu+3]. The number of aliphatic hydroxyl groups is 1. The number of carbonyl (C=O) groups is 2. The maximum Gasteiger partial charge on any atom is 3.00 e. The van der Waals surface area contributed by atoms with Crippen LogP contribution in [0.4, 0.5) is 32.9 Å². The van der Waals surface area contributed by atoms with Crippen molar-refractivity contribution in [1.29, 1.82) is 0 Å². The first-order chi connectivity index (χ1) is 27.8. The molecular formula is C25H44EuN11O20P4. The number of anilines is 4. The summed E-state index contributed by atoms with van der Waals surface area (Å²) in [5.74, 6) is -0.0320. The van der Waals surface area contributed by atoms with Gasteiger partial charge in [0.1, 0.15) is 23.3 Å². The van der Waals surface area contributed by atoms with Crippen molar-refractivity contribution in [2.75, 3.05) is 78.1 Å². The molecule has 61 heavy (non-hydrogen) atoms. The van der Waals surface area contributed by atoms with E-state index in [1.165, 1.54) is 36.4 Å². The van der Waals surface area contributed by atoms with Crippen molar-refractivity contribution >= 4 is 78.4 Å². The predicted octanol–water partition coefficient (Wildman–Crippen LogP) is 2.41. The number of aliphatic hydroxyl groups excluding tert-OH is 1. The molecule has 2 heterocycles. The second kappa shape index (κ2) is 31.5. The number of pyridine rings is 2. The number of amidine groups is 2. The van der Waals surface area contributed by atoms with Crippen molar-refractivity contribution in [2.45, 2.75) is 20.0 Å². The number of hydrogen-bond donors (Lipinski definition) is 7. The van der Waals surface area contributed by atoms with Gasteiger partial charge in [0, 0.05) is 63.0 Å². The van der Waals surface area contributed by atoms with Crippen LogP contribution in [0.5, 0.6) is 0 Å². The van der Waals surface area contributed by atoms with Crippen molar-refractivity contribution in [1.82, 2.24) is 20.1 Å². The van der Waals surface area contributed by atoms with Gasteiger partial charge in [-0.1, -0.05) is 12.1 Å². The quantitative estimate of drug-likeness (QED) is 0.0417. The van der Waals surface area contributed by atoms with Crippen LogP contribution < -0.4 is 41.7 Å². The summed E-state index contributed by atoms with van der Waals surface area (Å²) >= 11 is 0. The van der Waals surface area contributed by atoms with Gasteiger partial charge in [-0.3, -0.25) is 46.8 Å². The summed E-state index contributed by atoms with van der Waals surface area (Å²) in [6, 6.07) is 4.57. The summed E-state index contributed by atoms with van der Waals surface area (Å²) in [4.78, 5) is 39.6. The molecule has 0 aromatic carbocycles. The van der Waals surface area contributed by atoms with Crippen molar-refractivity contribution in [3.05, 3.63) is 51.7 Å². The van der Waals surface area contributed by atoms with Crippen LogP contribution in [-0.2, 0) is 54.5 Å². The van der Waals surface area contributed by atoms with Crippen molar-refractivity contribution in [3.8, 4) is 0 Å². The number of rotatable bonds is 16. The topological polar surface area (TPSA) is 431 Å². The maximum atomic E-state index is 11.8. The van der Waals surface area contributed by atoms with Gasteiger partial charge in [0.25, 0.3) is 0 Å². The zero-order valence-electron chi connectivity index (χ0n) is 33.6. The second-order valence-electron chi connectivity index (χ2n) is 9.72. The van der Waals surface area contributed by atoms with E-state index >= 15 is 0 Å². The fraction of sp³-hybridized carbons (Fsp3) is 0.440.